The van der Waals surface area contributed by atoms with E-state index in [0.29, 0.717) is 18.0 Å². The third-order valence-corrected chi connectivity index (χ3v) is 3.06. The lowest BCUT2D eigenvalue weighted by Crippen LogP contribution is -2.56. The highest BCUT2D eigenvalue weighted by Gasteiger charge is 2.42. The highest BCUT2D eigenvalue weighted by Crippen LogP contribution is 2.39. The smallest absolute Gasteiger partial charge is 0.270 e. The monoisotopic (exact) mass is 252 g/mol. The van der Waals surface area contributed by atoms with Crippen LogP contribution in [-0.4, -0.2) is 24.1 Å². The fourth-order valence-corrected chi connectivity index (χ4v) is 2.03. The maximum atomic E-state index is 13.3. The molecule has 1 atom stereocenters. The van der Waals surface area contributed by atoms with Gasteiger partial charge in [-0.2, -0.15) is 0 Å². The van der Waals surface area contributed by atoms with Crippen molar-refractivity contribution in [1.29, 1.82) is 0 Å². The molecule has 1 aromatic rings. The molecule has 0 aromatic heterocycles. The quantitative estimate of drug-likeness (QED) is 0.871. The minimum Gasteiger partial charge on any atom is -0.476 e. The Labute approximate surface area is 106 Å². The van der Waals surface area contributed by atoms with Crippen LogP contribution in [0, 0.1) is 5.82 Å². The van der Waals surface area contributed by atoms with Gasteiger partial charge >= 0.3 is 0 Å². The summed E-state index contributed by atoms with van der Waals surface area (Å²) in [5.41, 5.74) is 5.10. The number of nitrogens with two attached hydrogens (primary N) is 1. The van der Waals surface area contributed by atoms with E-state index in [-0.39, 0.29) is 11.9 Å². The number of carbonyl (C=O) groups excluding carboxylic acids is 1. The third-order valence-electron chi connectivity index (χ3n) is 3.06. The number of carbonyl (C=O) groups is 1. The number of benzene rings is 1. The van der Waals surface area contributed by atoms with E-state index < -0.39 is 11.4 Å². The zero-order valence-corrected chi connectivity index (χ0v) is 10.7. The van der Waals surface area contributed by atoms with E-state index in [2.05, 4.69) is 0 Å². The van der Waals surface area contributed by atoms with E-state index in [4.69, 9.17) is 10.5 Å². The standard InChI is InChI=1S/C13H17FN2O2/c1-8(7-15)16-10-6-9(14)4-5-11(10)18-13(2,3)12(16)17/h4-6,8H,7,15H2,1-3H3. The first-order valence-electron chi connectivity index (χ1n) is 5.89. The van der Waals surface area contributed by atoms with Crippen LogP contribution in [0.1, 0.15) is 20.8 Å². The highest BCUT2D eigenvalue weighted by atomic mass is 19.1. The second kappa shape index (κ2) is 4.24. The third kappa shape index (κ3) is 1.95. The van der Waals surface area contributed by atoms with Crippen molar-refractivity contribution in [3.05, 3.63) is 24.0 Å². The molecule has 1 aromatic carbocycles. The van der Waals surface area contributed by atoms with E-state index in [9.17, 15) is 9.18 Å². The number of amides is 1. The van der Waals surface area contributed by atoms with Crippen molar-refractivity contribution in [2.75, 3.05) is 11.4 Å². The average Bonchev–Trinajstić information content (AvgIpc) is 2.31. The number of anilines is 1. The van der Waals surface area contributed by atoms with E-state index in [1.165, 1.54) is 23.1 Å². The highest BCUT2D eigenvalue weighted by molar-refractivity contribution is 6.02. The molecule has 0 aliphatic carbocycles. The number of hydrogen-bond donors (Lipinski definition) is 1. The van der Waals surface area contributed by atoms with Gasteiger partial charge in [0.2, 0.25) is 0 Å². The summed E-state index contributed by atoms with van der Waals surface area (Å²) in [5, 5.41) is 0. The molecule has 0 saturated carbocycles. The number of ether oxygens (including phenoxy) is 1. The summed E-state index contributed by atoms with van der Waals surface area (Å²) in [7, 11) is 0. The molecule has 0 saturated heterocycles. The second-order valence-electron chi connectivity index (χ2n) is 4.98. The Hall–Kier alpha value is -1.62. The predicted octanol–water partition coefficient (Wildman–Crippen LogP) is 1.68. The molecule has 0 spiro atoms. The normalized spacial score (nSPS) is 19.2. The maximum absolute atomic E-state index is 13.3. The molecular formula is C13H17FN2O2. The van der Waals surface area contributed by atoms with Crippen molar-refractivity contribution in [3.63, 3.8) is 0 Å². The minimum absolute atomic E-state index is 0.207. The first-order chi connectivity index (χ1) is 8.36. The van der Waals surface area contributed by atoms with Gasteiger partial charge in [-0.1, -0.05) is 0 Å². The van der Waals surface area contributed by atoms with Crippen molar-refractivity contribution < 1.29 is 13.9 Å². The van der Waals surface area contributed by atoms with Gasteiger partial charge in [0, 0.05) is 18.7 Å². The summed E-state index contributed by atoms with van der Waals surface area (Å²) in [6, 6.07) is 3.95. The van der Waals surface area contributed by atoms with Crippen molar-refractivity contribution in [1.82, 2.24) is 0 Å². The summed E-state index contributed by atoms with van der Waals surface area (Å²) < 4.78 is 18.9. The van der Waals surface area contributed by atoms with Crippen molar-refractivity contribution in [2.45, 2.75) is 32.4 Å². The minimum atomic E-state index is -0.964. The topological polar surface area (TPSA) is 55.6 Å². The van der Waals surface area contributed by atoms with Crippen LogP contribution in [0.3, 0.4) is 0 Å². The molecule has 0 fully saturated rings. The fraction of sp³-hybridized carbons (Fsp3) is 0.462. The fourth-order valence-electron chi connectivity index (χ4n) is 2.03. The lowest BCUT2D eigenvalue weighted by molar-refractivity contribution is -0.133. The van der Waals surface area contributed by atoms with Gasteiger partial charge < -0.3 is 15.4 Å². The van der Waals surface area contributed by atoms with Crippen LogP contribution < -0.4 is 15.4 Å². The average molecular weight is 252 g/mol. The molecule has 1 heterocycles. The van der Waals surface area contributed by atoms with Gasteiger partial charge in [-0.05, 0) is 32.9 Å². The second-order valence-corrected chi connectivity index (χ2v) is 4.98. The Morgan fingerprint density at radius 1 is 1.50 bits per heavy atom. The Morgan fingerprint density at radius 2 is 2.17 bits per heavy atom. The Kier molecular flexibility index (Phi) is 3.02. The van der Waals surface area contributed by atoms with Crippen LogP contribution in [0.2, 0.25) is 0 Å². The number of fused-ring (bicyclic) bond motifs is 1. The Morgan fingerprint density at radius 3 is 2.78 bits per heavy atom. The lowest BCUT2D eigenvalue weighted by atomic mass is 10.0. The SMILES string of the molecule is CC(CN)N1C(=O)C(C)(C)Oc2ccc(F)cc21. The van der Waals surface area contributed by atoms with Gasteiger partial charge in [0.25, 0.3) is 5.91 Å². The Balaban J connectivity index is 2.56. The van der Waals surface area contributed by atoms with Gasteiger partial charge in [-0.3, -0.25) is 4.79 Å². The molecule has 0 radical (unpaired) electrons. The van der Waals surface area contributed by atoms with Crippen LogP contribution in [-0.2, 0) is 4.79 Å². The van der Waals surface area contributed by atoms with Crippen molar-refractivity contribution in [3.8, 4) is 5.75 Å². The number of halogens is 1. The van der Waals surface area contributed by atoms with E-state index in [1.54, 1.807) is 13.8 Å². The molecule has 4 nitrogen and oxygen atoms in total. The molecule has 1 unspecified atom stereocenters. The molecule has 98 valence electrons. The molecule has 1 aliphatic heterocycles. The van der Waals surface area contributed by atoms with Crippen molar-refractivity contribution in [2.24, 2.45) is 5.73 Å². The number of hydrogen-bond acceptors (Lipinski definition) is 3. The van der Waals surface area contributed by atoms with Crippen molar-refractivity contribution >= 4 is 11.6 Å². The van der Waals surface area contributed by atoms with Crippen LogP contribution >= 0.6 is 0 Å². The predicted molar refractivity (Wildman–Crippen MR) is 67.1 cm³/mol. The van der Waals surface area contributed by atoms with Crippen LogP contribution in [0.25, 0.3) is 0 Å². The lowest BCUT2D eigenvalue weighted by Gasteiger charge is -2.41. The summed E-state index contributed by atoms with van der Waals surface area (Å²) >= 11 is 0. The molecule has 0 bridgehead atoms. The zero-order valence-electron chi connectivity index (χ0n) is 10.7. The number of rotatable bonds is 2. The van der Waals surface area contributed by atoms with Crippen LogP contribution in [0.4, 0.5) is 10.1 Å². The van der Waals surface area contributed by atoms with E-state index in [1.807, 2.05) is 6.92 Å². The molecular weight excluding hydrogens is 235 g/mol. The van der Waals surface area contributed by atoms with E-state index in [0.717, 1.165) is 0 Å². The summed E-state index contributed by atoms with van der Waals surface area (Å²) in [6.45, 7) is 5.52. The van der Waals surface area contributed by atoms with E-state index >= 15 is 0 Å². The first kappa shape index (κ1) is 12.8. The molecule has 5 heteroatoms. The summed E-state index contributed by atoms with van der Waals surface area (Å²) in [6.07, 6.45) is 0. The van der Waals surface area contributed by atoms with Crippen LogP contribution in [0.15, 0.2) is 18.2 Å². The molecule has 18 heavy (non-hydrogen) atoms. The van der Waals surface area contributed by atoms with Gasteiger partial charge in [0.1, 0.15) is 11.6 Å². The summed E-state index contributed by atoms with van der Waals surface area (Å²) in [5.74, 6) is -0.112. The van der Waals surface area contributed by atoms with Gasteiger partial charge in [0.15, 0.2) is 5.60 Å². The Bertz CT molecular complexity index is 488. The molecule has 1 aliphatic rings. The van der Waals surface area contributed by atoms with Gasteiger partial charge in [-0.15, -0.1) is 0 Å². The first-order valence-corrected chi connectivity index (χ1v) is 5.89. The van der Waals surface area contributed by atoms with Gasteiger partial charge in [0.05, 0.1) is 5.69 Å². The van der Waals surface area contributed by atoms with Gasteiger partial charge in [-0.25, -0.2) is 4.39 Å². The zero-order chi connectivity index (χ0) is 13.5. The molecule has 2 rings (SSSR count). The summed E-state index contributed by atoms with van der Waals surface area (Å²) in [4.78, 5) is 13.9. The number of nitrogens with zero attached hydrogens (tertiary/aromatic N) is 1. The van der Waals surface area contributed by atoms with Crippen LogP contribution in [0.5, 0.6) is 5.75 Å². The largest absolute Gasteiger partial charge is 0.476 e. The molecule has 2 N–H and O–H groups in total. The maximum Gasteiger partial charge on any atom is 0.270 e. The molecule has 1 amide bonds.